The molecule has 0 unspecified atom stereocenters. The zero-order chi connectivity index (χ0) is 15.2. The quantitative estimate of drug-likeness (QED) is 0.838. The summed E-state index contributed by atoms with van der Waals surface area (Å²) in [5.74, 6) is -0.902. The lowest BCUT2D eigenvalue weighted by atomic mass is 10.0. The summed E-state index contributed by atoms with van der Waals surface area (Å²) in [6.07, 6.45) is 1.89. The number of benzene rings is 1. The predicted molar refractivity (Wildman–Crippen MR) is 76.6 cm³/mol. The van der Waals surface area contributed by atoms with Crippen molar-refractivity contribution in [2.45, 2.75) is 25.4 Å². The van der Waals surface area contributed by atoms with Crippen LogP contribution in [-0.4, -0.2) is 36.5 Å². The number of nitrogens with zero attached hydrogens (tertiary/aromatic N) is 2. The first-order valence-electron chi connectivity index (χ1n) is 7.01. The Morgan fingerprint density at radius 2 is 2.19 bits per heavy atom. The van der Waals surface area contributed by atoms with E-state index < -0.39 is 5.82 Å². The van der Waals surface area contributed by atoms with E-state index in [9.17, 15) is 9.18 Å². The lowest BCUT2D eigenvalue weighted by Crippen LogP contribution is -2.46. The molecule has 2 rings (SSSR count). The lowest BCUT2D eigenvalue weighted by molar-refractivity contribution is -0.120. The average Bonchev–Trinajstić information content (AvgIpc) is 2.49. The standard InChI is InChI=1S/C15H19FN4O/c16-14-2-1-11(7-12(14)8-17)9-20(10-15(18)21)13-3-5-19-6-4-13/h1-2,7,13,19H,3-6,9-10H2,(H2,18,21). The molecule has 1 aliphatic rings. The van der Waals surface area contributed by atoms with Crippen LogP contribution < -0.4 is 11.1 Å². The number of halogens is 1. The molecule has 6 heteroatoms. The van der Waals surface area contributed by atoms with Gasteiger partial charge in [0.2, 0.25) is 5.91 Å². The molecule has 5 nitrogen and oxygen atoms in total. The maximum atomic E-state index is 13.4. The van der Waals surface area contributed by atoms with Crippen LogP contribution in [0.1, 0.15) is 24.0 Å². The molecule has 0 atom stereocenters. The SMILES string of the molecule is N#Cc1cc(CN(CC(N)=O)C2CCNCC2)ccc1F. The topological polar surface area (TPSA) is 82.2 Å². The molecule has 1 aliphatic heterocycles. The molecule has 21 heavy (non-hydrogen) atoms. The first kappa shape index (κ1) is 15.4. The minimum absolute atomic E-state index is 0.0248. The Hall–Kier alpha value is -1.97. The Bertz CT molecular complexity index is 549. The van der Waals surface area contributed by atoms with Crippen molar-refractivity contribution in [2.24, 2.45) is 5.73 Å². The van der Waals surface area contributed by atoms with Crippen molar-refractivity contribution in [1.29, 1.82) is 5.26 Å². The summed E-state index contributed by atoms with van der Waals surface area (Å²) in [6.45, 7) is 2.48. The van der Waals surface area contributed by atoms with Gasteiger partial charge in [-0.15, -0.1) is 0 Å². The zero-order valence-electron chi connectivity index (χ0n) is 11.8. The van der Waals surface area contributed by atoms with Crippen LogP contribution in [0.3, 0.4) is 0 Å². The van der Waals surface area contributed by atoms with Crippen LogP contribution in [0.2, 0.25) is 0 Å². The van der Waals surface area contributed by atoms with Gasteiger partial charge in [0, 0.05) is 12.6 Å². The van der Waals surface area contributed by atoms with Crippen LogP contribution in [0.5, 0.6) is 0 Å². The van der Waals surface area contributed by atoms with Crippen molar-refractivity contribution in [3.63, 3.8) is 0 Å². The van der Waals surface area contributed by atoms with E-state index in [0.717, 1.165) is 31.5 Å². The highest BCUT2D eigenvalue weighted by molar-refractivity contribution is 5.76. The maximum Gasteiger partial charge on any atom is 0.231 e. The fraction of sp³-hybridized carbons (Fsp3) is 0.467. The number of piperidine rings is 1. The summed E-state index contributed by atoms with van der Waals surface area (Å²) in [5, 5.41) is 12.2. The van der Waals surface area contributed by atoms with Crippen LogP contribution in [-0.2, 0) is 11.3 Å². The predicted octanol–water partition coefficient (Wildman–Crippen LogP) is 0.737. The highest BCUT2D eigenvalue weighted by Gasteiger charge is 2.22. The van der Waals surface area contributed by atoms with Gasteiger partial charge >= 0.3 is 0 Å². The van der Waals surface area contributed by atoms with Crippen molar-refractivity contribution in [3.8, 4) is 6.07 Å². The third-order valence-corrected chi connectivity index (χ3v) is 3.72. The summed E-state index contributed by atoms with van der Waals surface area (Å²) >= 11 is 0. The summed E-state index contributed by atoms with van der Waals surface area (Å²) in [6, 6.07) is 6.57. The molecule has 0 aliphatic carbocycles. The molecule has 3 N–H and O–H groups in total. The smallest absolute Gasteiger partial charge is 0.231 e. The van der Waals surface area contributed by atoms with E-state index in [-0.39, 0.29) is 24.1 Å². The van der Waals surface area contributed by atoms with E-state index in [0.29, 0.717) is 6.54 Å². The van der Waals surface area contributed by atoms with E-state index in [4.69, 9.17) is 11.0 Å². The molecule has 1 saturated heterocycles. The Labute approximate surface area is 123 Å². The number of rotatable bonds is 5. The van der Waals surface area contributed by atoms with Crippen molar-refractivity contribution in [2.75, 3.05) is 19.6 Å². The van der Waals surface area contributed by atoms with Crippen molar-refractivity contribution >= 4 is 5.91 Å². The van der Waals surface area contributed by atoms with Crippen LogP contribution in [0.25, 0.3) is 0 Å². The Balaban J connectivity index is 2.14. The zero-order valence-corrected chi connectivity index (χ0v) is 11.8. The van der Waals surface area contributed by atoms with Gasteiger partial charge in [0.1, 0.15) is 11.9 Å². The normalized spacial score (nSPS) is 15.9. The van der Waals surface area contributed by atoms with Crippen LogP contribution >= 0.6 is 0 Å². The molecule has 1 heterocycles. The van der Waals surface area contributed by atoms with Gasteiger partial charge in [0.05, 0.1) is 12.1 Å². The third-order valence-electron chi connectivity index (χ3n) is 3.72. The molecule has 0 spiro atoms. The third kappa shape index (κ3) is 4.25. The summed E-state index contributed by atoms with van der Waals surface area (Å²) in [7, 11) is 0. The molecule has 0 aromatic heterocycles. The number of nitrogens with two attached hydrogens (primary N) is 1. The minimum Gasteiger partial charge on any atom is -0.369 e. The van der Waals surface area contributed by atoms with Gasteiger partial charge in [-0.2, -0.15) is 5.26 Å². The van der Waals surface area contributed by atoms with Crippen LogP contribution in [0.15, 0.2) is 18.2 Å². The number of amides is 1. The molecule has 112 valence electrons. The molecule has 1 aromatic carbocycles. The molecule has 1 aromatic rings. The van der Waals surface area contributed by atoms with Gasteiger partial charge in [-0.3, -0.25) is 9.69 Å². The van der Waals surface area contributed by atoms with Crippen molar-refractivity contribution in [3.05, 3.63) is 35.1 Å². The molecule has 1 fully saturated rings. The molecular formula is C15H19FN4O. The monoisotopic (exact) mass is 290 g/mol. The first-order chi connectivity index (χ1) is 10.1. The largest absolute Gasteiger partial charge is 0.369 e. The fourth-order valence-corrected chi connectivity index (χ4v) is 2.68. The average molecular weight is 290 g/mol. The lowest BCUT2D eigenvalue weighted by Gasteiger charge is -2.33. The minimum atomic E-state index is -0.524. The number of carbonyl (C=O) groups excluding carboxylic acids is 1. The highest BCUT2D eigenvalue weighted by Crippen LogP contribution is 2.17. The van der Waals surface area contributed by atoms with E-state index in [1.54, 1.807) is 6.07 Å². The van der Waals surface area contributed by atoms with Gasteiger partial charge in [-0.05, 0) is 43.6 Å². The van der Waals surface area contributed by atoms with E-state index in [1.807, 2.05) is 11.0 Å². The molecule has 0 radical (unpaired) electrons. The Kier molecular flexibility index (Phi) is 5.26. The van der Waals surface area contributed by atoms with E-state index in [2.05, 4.69) is 5.32 Å². The highest BCUT2D eigenvalue weighted by atomic mass is 19.1. The summed E-state index contributed by atoms with van der Waals surface area (Å²) in [4.78, 5) is 13.3. The first-order valence-corrected chi connectivity index (χ1v) is 7.01. The van der Waals surface area contributed by atoms with Gasteiger partial charge < -0.3 is 11.1 Å². The van der Waals surface area contributed by atoms with Crippen LogP contribution in [0, 0.1) is 17.1 Å². The second-order valence-corrected chi connectivity index (χ2v) is 5.28. The van der Waals surface area contributed by atoms with Gasteiger partial charge in [-0.25, -0.2) is 4.39 Å². The van der Waals surface area contributed by atoms with E-state index in [1.165, 1.54) is 12.1 Å². The van der Waals surface area contributed by atoms with Crippen molar-refractivity contribution < 1.29 is 9.18 Å². The number of primary amides is 1. The number of hydrogen-bond acceptors (Lipinski definition) is 4. The maximum absolute atomic E-state index is 13.4. The Morgan fingerprint density at radius 1 is 1.48 bits per heavy atom. The van der Waals surface area contributed by atoms with Crippen LogP contribution in [0.4, 0.5) is 4.39 Å². The summed E-state index contributed by atoms with van der Waals surface area (Å²) in [5.41, 5.74) is 6.16. The second-order valence-electron chi connectivity index (χ2n) is 5.28. The van der Waals surface area contributed by atoms with E-state index >= 15 is 0 Å². The van der Waals surface area contributed by atoms with Gasteiger partial charge in [0.15, 0.2) is 0 Å². The van der Waals surface area contributed by atoms with Gasteiger partial charge in [-0.1, -0.05) is 6.07 Å². The number of nitrogens with one attached hydrogen (secondary N) is 1. The molecule has 1 amide bonds. The van der Waals surface area contributed by atoms with Crippen molar-refractivity contribution in [1.82, 2.24) is 10.2 Å². The molecular weight excluding hydrogens is 271 g/mol. The second kappa shape index (κ2) is 7.16. The number of carbonyl (C=O) groups is 1. The number of hydrogen-bond donors (Lipinski definition) is 2. The number of nitriles is 1. The summed E-state index contributed by atoms with van der Waals surface area (Å²) < 4.78 is 13.4. The Morgan fingerprint density at radius 3 is 2.81 bits per heavy atom. The fourth-order valence-electron chi connectivity index (χ4n) is 2.68. The van der Waals surface area contributed by atoms with Gasteiger partial charge in [0.25, 0.3) is 0 Å². The molecule has 0 bridgehead atoms. The molecule has 0 saturated carbocycles.